The van der Waals surface area contributed by atoms with Crippen LogP contribution in [0.1, 0.15) is 88.8 Å². The Labute approximate surface area is 371 Å². The van der Waals surface area contributed by atoms with Crippen molar-refractivity contribution in [1.82, 2.24) is 15.0 Å². The molecule has 9 nitrogen and oxygen atoms in total. The van der Waals surface area contributed by atoms with Crippen molar-refractivity contribution in [3.63, 3.8) is 0 Å². The Hall–Kier alpha value is -5.44. The monoisotopic (exact) mass is 972 g/mol. The van der Waals surface area contributed by atoms with Crippen LogP contribution in [0.5, 0.6) is 0 Å². The van der Waals surface area contributed by atoms with E-state index in [1.807, 2.05) is 54.0 Å². The summed E-state index contributed by atoms with van der Waals surface area (Å²) in [5.41, 5.74) is 10.7. The predicted molar refractivity (Wildman–Crippen MR) is 242 cm³/mol. The van der Waals surface area contributed by atoms with Crippen molar-refractivity contribution in [1.29, 1.82) is 0 Å². The van der Waals surface area contributed by atoms with E-state index in [9.17, 15) is 0 Å². The third-order valence-corrected chi connectivity index (χ3v) is 11.0. The maximum atomic E-state index is 4.72. The molecular formula is C50H53IrN9-6. The first-order chi connectivity index (χ1) is 28.7. The summed E-state index contributed by atoms with van der Waals surface area (Å²) in [6.07, 6.45) is 7.43. The van der Waals surface area contributed by atoms with E-state index in [-0.39, 0.29) is 20.1 Å². The van der Waals surface area contributed by atoms with Crippen LogP contribution >= 0.6 is 0 Å². The van der Waals surface area contributed by atoms with Crippen LogP contribution in [-0.4, -0.2) is 35.1 Å². The quantitative estimate of drug-likeness (QED) is 0.0933. The van der Waals surface area contributed by atoms with Gasteiger partial charge in [-0.3, -0.25) is 0 Å². The number of benzene rings is 4. The van der Waals surface area contributed by atoms with Crippen LogP contribution in [0.25, 0.3) is 0 Å². The normalized spacial score (nSPS) is 14.1. The fourth-order valence-corrected chi connectivity index (χ4v) is 7.63. The Kier molecular flexibility index (Phi) is 13.4. The smallest absolute Gasteiger partial charge is 0.143 e. The molecule has 10 heteroatoms. The number of fused-ring (bicyclic) bond motifs is 3. The first-order valence-corrected chi connectivity index (χ1v) is 20.7. The predicted octanol–water partition coefficient (Wildman–Crippen LogP) is 11.7. The van der Waals surface area contributed by atoms with Crippen LogP contribution in [0.4, 0.5) is 51.6 Å². The SMILES string of the molecule is CC(C)c1cc[c-]c(N2[CH-]N(C)c3nccnc32)c1.CC(C)c1cc[c-]c(N2[CH-]N(CCCCN3[CH-]N(c4[c-]ccc(C(C)C)c4)c4ncccc43)c3ccccc32)c1.[Ir]. The zero-order valence-electron chi connectivity index (χ0n) is 35.5. The second-order valence-electron chi connectivity index (χ2n) is 16.2. The van der Waals surface area contributed by atoms with Gasteiger partial charge in [0.25, 0.3) is 0 Å². The van der Waals surface area contributed by atoms with Crippen molar-refractivity contribution in [2.75, 3.05) is 49.5 Å². The maximum absolute atomic E-state index is 4.72. The van der Waals surface area contributed by atoms with Gasteiger partial charge in [-0.05, 0) is 75.0 Å². The largest absolute Gasteiger partial charge is 0.501 e. The molecule has 1 radical (unpaired) electrons. The number of anilines is 9. The molecule has 2 aromatic heterocycles. The molecule has 0 unspecified atom stereocenters. The number of hydrogen-bond donors (Lipinski definition) is 0. The number of hydrogen-bond acceptors (Lipinski definition) is 9. The third-order valence-electron chi connectivity index (χ3n) is 11.0. The van der Waals surface area contributed by atoms with Crippen molar-refractivity contribution >= 4 is 51.6 Å². The first kappa shape index (κ1) is 42.7. The van der Waals surface area contributed by atoms with E-state index in [0.717, 1.165) is 66.1 Å². The molecule has 3 aliphatic heterocycles. The molecule has 0 N–H and O–H groups in total. The van der Waals surface area contributed by atoms with Crippen molar-refractivity contribution in [2.45, 2.75) is 72.1 Å². The van der Waals surface area contributed by atoms with Crippen molar-refractivity contribution in [2.24, 2.45) is 0 Å². The summed E-state index contributed by atoms with van der Waals surface area (Å²) in [6.45, 7) is 21.6. The van der Waals surface area contributed by atoms with E-state index in [2.05, 4.69) is 169 Å². The van der Waals surface area contributed by atoms with Gasteiger partial charge in [-0.1, -0.05) is 53.7 Å². The Bertz CT molecular complexity index is 2250. The molecule has 0 amide bonds. The first-order valence-electron chi connectivity index (χ1n) is 20.7. The van der Waals surface area contributed by atoms with Crippen LogP contribution in [-0.2, 0) is 20.1 Å². The Balaban J connectivity index is 0.000000228. The number of aromatic nitrogens is 3. The molecule has 4 aromatic carbocycles. The molecule has 6 aromatic rings. The zero-order chi connectivity index (χ0) is 41.0. The van der Waals surface area contributed by atoms with E-state index in [1.165, 1.54) is 28.1 Å². The molecule has 313 valence electrons. The molecule has 0 atom stereocenters. The molecule has 3 aliphatic rings. The summed E-state index contributed by atoms with van der Waals surface area (Å²) in [5, 5.41) is 0. The molecule has 0 spiro atoms. The fraction of sp³-hybridized carbons (Fsp3) is 0.280. The molecule has 5 heterocycles. The standard InChI is InChI=1S/C35H37N5.C15H16N4.Ir/c1-26(2)28-12-9-14-30(22-28)39-24-37(32-16-5-6-17-33(32)39)20-7-8-21-38-25-40(35-34(38)18-11-19-36-35)31-15-10-13-29(23-31)27(3)4;1-11(2)12-5-4-6-13(9-12)19-10-18(3)14-15(19)17-8-7-16-14;/h5-6,9-13,16-19,22-27H,7-8,20-21H2,1-4H3;4-5,7-11H,1-3H3;/q-4;-2;. The van der Waals surface area contributed by atoms with E-state index in [1.54, 1.807) is 12.4 Å². The second-order valence-corrected chi connectivity index (χ2v) is 16.2. The number of rotatable bonds is 11. The minimum atomic E-state index is 0. The number of pyridine rings is 1. The summed E-state index contributed by atoms with van der Waals surface area (Å²) in [6, 6.07) is 42.1. The van der Waals surface area contributed by atoms with Crippen molar-refractivity contribution in [3.05, 3.63) is 164 Å². The van der Waals surface area contributed by atoms with E-state index in [0.29, 0.717) is 17.8 Å². The van der Waals surface area contributed by atoms with Gasteiger partial charge in [0.1, 0.15) is 17.5 Å². The Morgan fingerprint density at radius 3 is 1.52 bits per heavy atom. The van der Waals surface area contributed by atoms with Crippen LogP contribution in [0.3, 0.4) is 0 Å². The van der Waals surface area contributed by atoms with E-state index >= 15 is 0 Å². The summed E-state index contributed by atoms with van der Waals surface area (Å²) < 4.78 is 0. The van der Waals surface area contributed by atoms with Crippen molar-refractivity contribution < 1.29 is 20.1 Å². The summed E-state index contributed by atoms with van der Waals surface area (Å²) >= 11 is 0. The van der Waals surface area contributed by atoms with Crippen LogP contribution in [0.2, 0.25) is 0 Å². The summed E-state index contributed by atoms with van der Waals surface area (Å²) in [7, 11) is 1.97. The van der Waals surface area contributed by atoms with Gasteiger partial charge >= 0.3 is 0 Å². The Morgan fingerprint density at radius 1 is 0.500 bits per heavy atom. The molecule has 0 bridgehead atoms. The number of nitrogens with zero attached hydrogens (tertiary/aromatic N) is 9. The molecule has 0 aliphatic carbocycles. The zero-order valence-corrected chi connectivity index (χ0v) is 37.9. The van der Waals surface area contributed by atoms with E-state index in [4.69, 9.17) is 4.98 Å². The minimum absolute atomic E-state index is 0. The van der Waals surface area contributed by atoms with Gasteiger partial charge in [0.05, 0.1) is 0 Å². The van der Waals surface area contributed by atoms with Gasteiger partial charge < -0.3 is 29.4 Å². The molecule has 0 saturated carbocycles. The van der Waals surface area contributed by atoms with Crippen LogP contribution in [0.15, 0.2) is 110 Å². The average Bonchev–Trinajstić information content (AvgIpc) is 3.94. The second kappa shape index (κ2) is 18.9. The number of unbranched alkanes of at least 4 members (excludes halogenated alkanes) is 1. The third kappa shape index (κ3) is 9.01. The van der Waals surface area contributed by atoms with Gasteiger partial charge in [0, 0.05) is 55.8 Å². The Morgan fingerprint density at radius 2 is 0.950 bits per heavy atom. The van der Waals surface area contributed by atoms with Crippen LogP contribution in [0, 0.1) is 38.2 Å². The minimum Gasteiger partial charge on any atom is -0.501 e. The molecule has 60 heavy (non-hydrogen) atoms. The molecular weight excluding hydrogens is 919 g/mol. The van der Waals surface area contributed by atoms with Gasteiger partial charge in [-0.15, -0.1) is 41.9 Å². The van der Waals surface area contributed by atoms with Gasteiger partial charge in [0.15, 0.2) is 0 Å². The van der Waals surface area contributed by atoms with Gasteiger partial charge in [-0.25, -0.2) is 15.0 Å². The average molecular weight is 972 g/mol. The van der Waals surface area contributed by atoms with Gasteiger partial charge in [0.2, 0.25) is 0 Å². The topological polar surface area (TPSA) is 58.1 Å². The molecule has 9 rings (SSSR count). The maximum Gasteiger partial charge on any atom is 0.143 e. The molecule has 0 saturated heterocycles. The van der Waals surface area contributed by atoms with E-state index < -0.39 is 0 Å². The fourth-order valence-electron chi connectivity index (χ4n) is 7.63. The summed E-state index contributed by atoms with van der Waals surface area (Å²) in [4.78, 5) is 26.6. The van der Waals surface area contributed by atoms with Crippen LogP contribution < -0.4 is 29.4 Å². The summed E-state index contributed by atoms with van der Waals surface area (Å²) in [5.74, 6) is 4.13. The number of para-hydroxylation sites is 2. The molecule has 0 fully saturated rings. The van der Waals surface area contributed by atoms with Gasteiger partial charge in [-0.2, -0.15) is 84.6 Å². The van der Waals surface area contributed by atoms with Crippen molar-refractivity contribution in [3.8, 4) is 0 Å².